The van der Waals surface area contributed by atoms with E-state index in [1.54, 1.807) is 0 Å². The quantitative estimate of drug-likeness (QED) is 0.550. The molecule has 15 heavy (non-hydrogen) atoms. The second-order valence-electron chi connectivity index (χ2n) is 3.68. The minimum atomic E-state index is 0.222. The standard InChI is InChI=1S/C13H18O2/c14-11-7-2-1-6-10-13(15)12-8-4-3-5-9-12/h3-5,8-9,14H,1-2,6-7,10-11H2. The zero-order valence-corrected chi connectivity index (χ0v) is 8.98. The fourth-order valence-electron chi connectivity index (χ4n) is 1.52. The molecule has 0 radical (unpaired) electrons. The Morgan fingerprint density at radius 1 is 1.00 bits per heavy atom. The lowest BCUT2D eigenvalue weighted by atomic mass is 10.0. The van der Waals surface area contributed by atoms with E-state index >= 15 is 0 Å². The molecular weight excluding hydrogens is 188 g/mol. The van der Waals surface area contributed by atoms with Gasteiger partial charge in [-0.2, -0.15) is 0 Å². The second-order valence-corrected chi connectivity index (χ2v) is 3.68. The first kappa shape index (κ1) is 11.9. The summed E-state index contributed by atoms with van der Waals surface area (Å²) in [4.78, 5) is 11.6. The highest BCUT2D eigenvalue weighted by Gasteiger charge is 2.03. The number of benzene rings is 1. The number of aliphatic hydroxyl groups is 1. The van der Waals surface area contributed by atoms with Crippen molar-refractivity contribution in [3.8, 4) is 0 Å². The third-order valence-corrected chi connectivity index (χ3v) is 2.41. The second kappa shape index (κ2) is 7.18. The van der Waals surface area contributed by atoms with Crippen molar-refractivity contribution < 1.29 is 9.90 Å². The molecule has 0 saturated carbocycles. The van der Waals surface area contributed by atoms with E-state index in [2.05, 4.69) is 0 Å². The fourth-order valence-corrected chi connectivity index (χ4v) is 1.52. The van der Waals surface area contributed by atoms with Crippen molar-refractivity contribution in [2.24, 2.45) is 0 Å². The Labute approximate surface area is 90.9 Å². The van der Waals surface area contributed by atoms with E-state index in [1.165, 1.54) is 0 Å². The van der Waals surface area contributed by atoms with E-state index in [0.717, 1.165) is 31.2 Å². The Morgan fingerprint density at radius 2 is 1.67 bits per heavy atom. The van der Waals surface area contributed by atoms with Gasteiger partial charge in [0.15, 0.2) is 5.78 Å². The number of Topliss-reactive ketones (excluding diaryl/α,β-unsaturated/α-hetero) is 1. The molecule has 0 fully saturated rings. The van der Waals surface area contributed by atoms with Crippen LogP contribution in [0.25, 0.3) is 0 Å². The Balaban J connectivity index is 2.20. The number of hydrogen-bond donors (Lipinski definition) is 1. The van der Waals surface area contributed by atoms with Gasteiger partial charge in [0.25, 0.3) is 0 Å². The number of ketones is 1. The third-order valence-electron chi connectivity index (χ3n) is 2.41. The molecule has 82 valence electrons. The van der Waals surface area contributed by atoms with Gasteiger partial charge in [-0.05, 0) is 12.8 Å². The zero-order chi connectivity index (χ0) is 10.9. The first-order valence-corrected chi connectivity index (χ1v) is 5.53. The summed E-state index contributed by atoms with van der Waals surface area (Å²) in [6.45, 7) is 0.257. The summed E-state index contributed by atoms with van der Waals surface area (Å²) in [6, 6.07) is 9.40. The van der Waals surface area contributed by atoms with Crippen molar-refractivity contribution in [3.63, 3.8) is 0 Å². The van der Waals surface area contributed by atoms with E-state index in [-0.39, 0.29) is 12.4 Å². The summed E-state index contributed by atoms with van der Waals surface area (Å²) in [5, 5.41) is 8.59. The highest BCUT2D eigenvalue weighted by atomic mass is 16.2. The molecule has 1 aromatic rings. The molecule has 0 amide bonds. The molecule has 0 spiro atoms. The third kappa shape index (κ3) is 4.75. The minimum absolute atomic E-state index is 0.222. The summed E-state index contributed by atoms with van der Waals surface area (Å²) in [6.07, 6.45) is 4.43. The molecular formula is C13H18O2. The van der Waals surface area contributed by atoms with Crippen molar-refractivity contribution in [1.29, 1.82) is 0 Å². The van der Waals surface area contributed by atoms with E-state index in [9.17, 15) is 4.79 Å². The summed E-state index contributed by atoms with van der Waals surface area (Å²) < 4.78 is 0. The molecule has 0 aliphatic rings. The van der Waals surface area contributed by atoms with E-state index < -0.39 is 0 Å². The molecule has 1 N–H and O–H groups in total. The van der Waals surface area contributed by atoms with Gasteiger partial charge in [-0.25, -0.2) is 0 Å². The lowest BCUT2D eigenvalue weighted by Crippen LogP contribution is -1.98. The molecule has 0 saturated heterocycles. The Kier molecular flexibility index (Phi) is 5.71. The van der Waals surface area contributed by atoms with Crippen LogP contribution in [0, 0.1) is 0 Å². The van der Waals surface area contributed by atoms with Crippen LogP contribution in [-0.2, 0) is 0 Å². The predicted molar refractivity (Wildman–Crippen MR) is 60.9 cm³/mol. The summed E-state index contributed by atoms with van der Waals surface area (Å²) in [7, 11) is 0. The van der Waals surface area contributed by atoms with E-state index in [4.69, 9.17) is 5.11 Å². The fraction of sp³-hybridized carbons (Fsp3) is 0.462. The topological polar surface area (TPSA) is 37.3 Å². The molecule has 1 rings (SSSR count). The van der Waals surface area contributed by atoms with Gasteiger partial charge in [0.1, 0.15) is 0 Å². The smallest absolute Gasteiger partial charge is 0.162 e. The van der Waals surface area contributed by atoms with Gasteiger partial charge in [0, 0.05) is 18.6 Å². The monoisotopic (exact) mass is 206 g/mol. The van der Waals surface area contributed by atoms with Crippen LogP contribution in [0.1, 0.15) is 42.5 Å². The zero-order valence-electron chi connectivity index (χ0n) is 8.98. The van der Waals surface area contributed by atoms with Crippen LogP contribution in [0.4, 0.5) is 0 Å². The molecule has 0 heterocycles. The number of carbonyl (C=O) groups is 1. The van der Waals surface area contributed by atoms with Gasteiger partial charge in [0.2, 0.25) is 0 Å². The average Bonchev–Trinajstić information content (AvgIpc) is 2.30. The first-order chi connectivity index (χ1) is 7.34. The van der Waals surface area contributed by atoms with Gasteiger partial charge >= 0.3 is 0 Å². The lowest BCUT2D eigenvalue weighted by molar-refractivity contribution is 0.0979. The van der Waals surface area contributed by atoms with Crippen LogP contribution in [0.2, 0.25) is 0 Å². The van der Waals surface area contributed by atoms with Crippen molar-refractivity contribution in [1.82, 2.24) is 0 Å². The molecule has 2 nitrogen and oxygen atoms in total. The average molecular weight is 206 g/mol. The molecule has 0 unspecified atom stereocenters. The summed E-state index contributed by atoms with van der Waals surface area (Å²) in [5.74, 6) is 0.222. The van der Waals surface area contributed by atoms with Gasteiger partial charge < -0.3 is 5.11 Å². The Hall–Kier alpha value is -1.15. The summed E-state index contributed by atoms with van der Waals surface area (Å²) >= 11 is 0. The number of rotatable bonds is 7. The first-order valence-electron chi connectivity index (χ1n) is 5.53. The van der Waals surface area contributed by atoms with Gasteiger partial charge in [-0.1, -0.05) is 43.2 Å². The number of hydrogen-bond acceptors (Lipinski definition) is 2. The normalized spacial score (nSPS) is 10.2. The maximum atomic E-state index is 11.6. The maximum absolute atomic E-state index is 11.6. The van der Waals surface area contributed by atoms with Crippen LogP contribution in [0.5, 0.6) is 0 Å². The lowest BCUT2D eigenvalue weighted by Gasteiger charge is -2.00. The number of aliphatic hydroxyl groups excluding tert-OH is 1. The van der Waals surface area contributed by atoms with E-state index in [1.807, 2.05) is 30.3 Å². The SMILES string of the molecule is O=C(CCCCCCO)c1ccccc1. The van der Waals surface area contributed by atoms with Crippen LogP contribution in [0.15, 0.2) is 30.3 Å². The molecule has 0 bridgehead atoms. The molecule has 0 atom stereocenters. The van der Waals surface area contributed by atoms with Crippen LogP contribution < -0.4 is 0 Å². The van der Waals surface area contributed by atoms with Crippen molar-refractivity contribution >= 4 is 5.78 Å². The van der Waals surface area contributed by atoms with Gasteiger partial charge in [0.05, 0.1) is 0 Å². The van der Waals surface area contributed by atoms with Crippen molar-refractivity contribution in [3.05, 3.63) is 35.9 Å². The van der Waals surface area contributed by atoms with Crippen LogP contribution in [0.3, 0.4) is 0 Å². The summed E-state index contributed by atoms with van der Waals surface area (Å²) in [5.41, 5.74) is 0.805. The van der Waals surface area contributed by atoms with E-state index in [0.29, 0.717) is 6.42 Å². The highest BCUT2D eigenvalue weighted by molar-refractivity contribution is 5.95. The van der Waals surface area contributed by atoms with Gasteiger partial charge in [-0.3, -0.25) is 4.79 Å². The molecule has 0 aliphatic carbocycles. The maximum Gasteiger partial charge on any atom is 0.162 e. The highest BCUT2D eigenvalue weighted by Crippen LogP contribution is 2.08. The van der Waals surface area contributed by atoms with Crippen molar-refractivity contribution in [2.45, 2.75) is 32.1 Å². The molecule has 0 aromatic heterocycles. The molecule has 0 aliphatic heterocycles. The minimum Gasteiger partial charge on any atom is -0.396 e. The number of unbranched alkanes of at least 4 members (excludes halogenated alkanes) is 3. The molecule has 1 aromatic carbocycles. The predicted octanol–water partition coefficient (Wildman–Crippen LogP) is 2.81. The van der Waals surface area contributed by atoms with Crippen LogP contribution in [-0.4, -0.2) is 17.5 Å². The largest absolute Gasteiger partial charge is 0.396 e. The van der Waals surface area contributed by atoms with Crippen LogP contribution >= 0.6 is 0 Å². The van der Waals surface area contributed by atoms with Gasteiger partial charge in [-0.15, -0.1) is 0 Å². The number of carbonyl (C=O) groups excluding carboxylic acids is 1. The Morgan fingerprint density at radius 3 is 2.33 bits per heavy atom. The molecule has 2 heteroatoms. The van der Waals surface area contributed by atoms with Crippen molar-refractivity contribution in [2.75, 3.05) is 6.61 Å². The Bertz CT molecular complexity index is 280.